The van der Waals surface area contributed by atoms with Crippen LogP contribution < -0.4 is 0 Å². The molecule has 1 N–H and O–H groups in total. The molecular weight excluding hydrogens is 183 g/mol. The van der Waals surface area contributed by atoms with Crippen molar-refractivity contribution in [3.05, 3.63) is 0 Å². The third-order valence-electron chi connectivity index (χ3n) is 3.44. The van der Waals surface area contributed by atoms with Crippen molar-refractivity contribution < 1.29 is 9.50 Å². The summed E-state index contributed by atoms with van der Waals surface area (Å²) in [6.07, 6.45) is 2.07. The van der Waals surface area contributed by atoms with E-state index in [1.54, 1.807) is 0 Å². The van der Waals surface area contributed by atoms with E-state index >= 15 is 0 Å². The molecule has 3 nitrogen and oxygen atoms in total. The minimum absolute atomic E-state index is 0.222. The van der Waals surface area contributed by atoms with Crippen LogP contribution >= 0.6 is 0 Å². The van der Waals surface area contributed by atoms with Gasteiger partial charge in [0.15, 0.2) is 0 Å². The molecule has 4 heteroatoms. The van der Waals surface area contributed by atoms with Crippen molar-refractivity contribution in [2.24, 2.45) is 0 Å². The van der Waals surface area contributed by atoms with Crippen LogP contribution in [0.15, 0.2) is 0 Å². The molecule has 0 spiro atoms. The van der Waals surface area contributed by atoms with Gasteiger partial charge in [0.1, 0.15) is 6.67 Å². The summed E-state index contributed by atoms with van der Waals surface area (Å²) in [4.78, 5) is 4.70. The fourth-order valence-corrected chi connectivity index (χ4v) is 2.76. The monoisotopic (exact) mass is 202 g/mol. The summed E-state index contributed by atoms with van der Waals surface area (Å²) in [5.41, 5.74) is 0. The molecule has 0 saturated carbocycles. The SMILES string of the molecule is OCCCN1C[C@@H]2C[C@H]1CN2CCF. The number of nitrogens with zero attached hydrogens (tertiary/aromatic N) is 2. The Morgan fingerprint density at radius 3 is 2.29 bits per heavy atom. The van der Waals surface area contributed by atoms with Gasteiger partial charge in [0.05, 0.1) is 0 Å². The first-order chi connectivity index (χ1) is 6.85. The van der Waals surface area contributed by atoms with Crippen LogP contribution in [-0.4, -0.2) is 66.5 Å². The second-order valence-electron chi connectivity index (χ2n) is 4.30. The van der Waals surface area contributed by atoms with Crippen molar-refractivity contribution in [1.29, 1.82) is 0 Å². The zero-order valence-electron chi connectivity index (χ0n) is 8.53. The highest BCUT2D eigenvalue weighted by Gasteiger charge is 2.42. The lowest BCUT2D eigenvalue weighted by atomic mass is 10.2. The van der Waals surface area contributed by atoms with Gasteiger partial charge in [-0.05, 0) is 12.8 Å². The molecule has 0 amide bonds. The standard InChI is InChI=1S/C10H19FN2O/c11-2-4-13-8-9-6-10(13)7-12(9)3-1-5-14/h9-10,14H,1-8H2/t9-,10-/m0/s1. The molecule has 0 aromatic heterocycles. The maximum atomic E-state index is 12.2. The van der Waals surface area contributed by atoms with Crippen LogP contribution in [0, 0.1) is 0 Å². The van der Waals surface area contributed by atoms with E-state index in [1.807, 2.05) is 0 Å². The van der Waals surface area contributed by atoms with Crippen LogP contribution in [0.5, 0.6) is 0 Å². The van der Waals surface area contributed by atoms with Crippen molar-refractivity contribution in [3.8, 4) is 0 Å². The average molecular weight is 202 g/mol. The Bertz CT molecular complexity index is 191. The van der Waals surface area contributed by atoms with Crippen LogP contribution in [0.4, 0.5) is 4.39 Å². The van der Waals surface area contributed by atoms with Crippen LogP contribution in [0.3, 0.4) is 0 Å². The van der Waals surface area contributed by atoms with Gasteiger partial charge in [-0.1, -0.05) is 0 Å². The van der Waals surface area contributed by atoms with Gasteiger partial charge in [0.25, 0.3) is 0 Å². The lowest BCUT2D eigenvalue weighted by Gasteiger charge is -2.33. The van der Waals surface area contributed by atoms with Crippen molar-refractivity contribution in [3.63, 3.8) is 0 Å². The molecule has 0 aromatic carbocycles. The van der Waals surface area contributed by atoms with Gasteiger partial charge in [-0.2, -0.15) is 0 Å². The highest BCUT2D eigenvalue weighted by molar-refractivity contribution is 4.99. The maximum absolute atomic E-state index is 12.2. The molecule has 0 unspecified atom stereocenters. The largest absolute Gasteiger partial charge is 0.396 e. The number of hydrogen-bond donors (Lipinski definition) is 1. The number of rotatable bonds is 5. The normalized spacial score (nSPS) is 33.0. The minimum atomic E-state index is -0.222. The molecule has 0 radical (unpaired) electrons. The average Bonchev–Trinajstić information content (AvgIpc) is 2.74. The first kappa shape index (κ1) is 10.3. The van der Waals surface area contributed by atoms with E-state index in [1.165, 1.54) is 6.42 Å². The number of fused-ring (bicyclic) bond motifs is 2. The number of piperazine rings is 1. The number of alkyl halides is 1. The van der Waals surface area contributed by atoms with E-state index in [0.717, 1.165) is 26.1 Å². The van der Waals surface area contributed by atoms with Gasteiger partial charge >= 0.3 is 0 Å². The Morgan fingerprint density at radius 2 is 1.79 bits per heavy atom. The Morgan fingerprint density at radius 1 is 1.14 bits per heavy atom. The Labute approximate surface area is 84.5 Å². The maximum Gasteiger partial charge on any atom is 0.102 e. The summed E-state index contributed by atoms with van der Waals surface area (Å²) in [5, 5.41) is 8.75. The fourth-order valence-electron chi connectivity index (χ4n) is 2.76. The van der Waals surface area contributed by atoms with Crippen molar-refractivity contribution >= 4 is 0 Å². The quantitative estimate of drug-likeness (QED) is 0.685. The molecule has 0 aliphatic carbocycles. The number of likely N-dealkylation sites (tertiary alicyclic amines) is 2. The summed E-state index contributed by atoms with van der Waals surface area (Å²) in [6.45, 7) is 3.77. The van der Waals surface area contributed by atoms with Crippen LogP contribution in [0.1, 0.15) is 12.8 Å². The van der Waals surface area contributed by atoms with Gasteiger partial charge in [-0.3, -0.25) is 9.80 Å². The third-order valence-corrected chi connectivity index (χ3v) is 3.44. The number of halogens is 1. The Hall–Kier alpha value is -0.190. The Kier molecular flexibility index (Phi) is 3.36. The lowest BCUT2D eigenvalue weighted by molar-refractivity contribution is 0.115. The van der Waals surface area contributed by atoms with E-state index in [4.69, 9.17) is 5.11 Å². The first-order valence-electron chi connectivity index (χ1n) is 5.50. The van der Waals surface area contributed by atoms with Crippen LogP contribution in [-0.2, 0) is 0 Å². The van der Waals surface area contributed by atoms with Gasteiger partial charge in [-0.25, -0.2) is 4.39 Å². The predicted molar refractivity (Wildman–Crippen MR) is 53.0 cm³/mol. The number of aliphatic hydroxyl groups excluding tert-OH is 1. The summed E-state index contributed by atoms with van der Waals surface area (Å²) < 4.78 is 12.2. The van der Waals surface area contributed by atoms with E-state index in [0.29, 0.717) is 18.6 Å². The first-order valence-corrected chi connectivity index (χ1v) is 5.50. The zero-order chi connectivity index (χ0) is 9.97. The van der Waals surface area contributed by atoms with Gasteiger partial charge in [0.2, 0.25) is 0 Å². The molecule has 2 aliphatic rings. The third kappa shape index (κ3) is 1.92. The molecule has 2 bridgehead atoms. The summed E-state index contributed by atoms with van der Waals surface area (Å²) in [6, 6.07) is 1.20. The van der Waals surface area contributed by atoms with E-state index in [2.05, 4.69) is 9.80 Å². The molecule has 2 aliphatic heterocycles. The molecule has 2 saturated heterocycles. The summed E-state index contributed by atoms with van der Waals surface area (Å²) >= 11 is 0. The second kappa shape index (κ2) is 4.55. The van der Waals surface area contributed by atoms with E-state index < -0.39 is 0 Å². The van der Waals surface area contributed by atoms with E-state index in [-0.39, 0.29) is 13.3 Å². The van der Waals surface area contributed by atoms with Crippen molar-refractivity contribution in [1.82, 2.24) is 9.80 Å². The van der Waals surface area contributed by atoms with Gasteiger partial charge in [-0.15, -0.1) is 0 Å². The lowest BCUT2D eigenvalue weighted by Crippen LogP contribution is -2.47. The Balaban J connectivity index is 1.78. The topological polar surface area (TPSA) is 26.7 Å². The molecule has 2 rings (SSSR count). The minimum Gasteiger partial charge on any atom is -0.396 e. The molecule has 2 atom stereocenters. The van der Waals surface area contributed by atoms with Crippen molar-refractivity contribution in [2.75, 3.05) is 39.5 Å². The van der Waals surface area contributed by atoms with Crippen molar-refractivity contribution in [2.45, 2.75) is 24.9 Å². The molecule has 2 fully saturated rings. The summed E-state index contributed by atoms with van der Waals surface area (Å²) in [5.74, 6) is 0. The highest BCUT2D eigenvalue weighted by Crippen LogP contribution is 2.30. The molecule has 2 heterocycles. The molecular formula is C10H19FN2O. The molecule has 82 valence electrons. The summed E-state index contributed by atoms with van der Waals surface area (Å²) in [7, 11) is 0. The molecule has 14 heavy (non-hydrogen) atoms. The van der Waals surface area contributed by atoms with Gasteiger partial charge in [0, 0.05) is 44.9 Å². The van der Waals surface area contributed by atoms with Crippen LogP contribution in [0.25, 0.3) is 0 Å². The molecule has 0 aromatic rings. The zero-order valence-corrected chi connectivity index (χ0v) is 8.53. The number of hydrogen-bond acceptors (Lipinski definition) is 3. The fraction of sp³-hybridized carbons (Fsp3) is 1.00. The van der Waals surface area contributed by atoms with Crippen LogP contribution in [0.2, 0.25) is 0 Å². The highest BCUT2D eigenvalue weighted by atomic mass is 19.1. The second-order valence-corrected chi connectivity index (χ2v) is 4.30. The number of aliphatic hydroxyl groups is 1. The van der Waals surface area contributed by atoms with E-state index in [9.17, 15) is 4.39 Å². The van der Waals surface area contributed by atoms with Gasteiger partial charge < -0.3 is 5.11 Å². The smallest absolute Gasteiger partial charge is 0.102 e. The predicted octanol–water partition coefficient (Wildman–Crippen LogP) is 0.0968.